The number of imidazole rings is 1. The summed E-state index contributed by atoms with van der Waals surface area (Å²) in [5.74, 6) is 0.183. The molecule has 1 heterocycles. The zero-order valence-corrected chi connectivity index (χ0v) is 11.4. The molecule has 3 N–H and O–H groups in total. The predicted octanol–water partition coefficient (Wildman–Crippen LogP) is 2.77. The Bertz CT molecular complexity index is 691. The van der Waals surface area contributed by atoms with Gasteiger partial charge in [0.05, 0.1) is 17.8 Å². The Morgan fingerprint density at radius 1 is 0.952 bits per heavy atom. The van der Waals surface area contributed by atoms with Crippen LogP contribution in [0.2, 0.25) is 0 Å². The van der Waals surface area contributed by atoms with Crippen LogP contribution < -0.4 is 5.73 Å². The fourth-order valence-electron chi connectivity index (χ4n) is 2.29. The maximum absolute atomic E-state index is 11.1. The van der Waals surface area contributed by atoms with Gasteiger partial charge in [-0.2, -0.15) is 0 Å². The van der Waals surface area contributed by atoms with E-state index in [1.54, 1.807) is 0 Å². The number of aromatic amines is 1. The molecule has 104 valence electrons. The highest BCUT2D eigenvalue weighted by Gasteiger charge is 2.14. The van der Waals surface area contributed by atoms with E-state index in [0.29, 0.717) is 5.82 Å². The van der Waals surface area contributed by atoms with Gasteiger partial charge in [0.15, 0.2) is 0 Å². The monoisotopic (exact) mass is 277 g/mol. The van der Waals surface area contributed by atoms with Gasteiger partial charge in [-0.25, -0.2) is 4.98 Å². The maximum Gasteiger partial charge on any atom is 0.225 e. The molecule has 4 nitrogen and oxygen atoms in total. The van der Waals surface area contributed by atoms with Crippen LogP contribution in [0.1, 0.15) is 5.82 Å². The first kappa shape index (κ1) is 13.1. The van der Waals surface area contributed by atoms with E-state index in [-0.39, 0.29) is 6.42 Å². The normalized spacial score (nSPS) is 10.5. The van der Waals surface area contributed by atoms with E-state index in [2.05, 4.69) is 9.97 Å². The smallest absolute Gasteiger partial charge is 0.225 e. The van der Waals surface area contributed by atoms with Gasteiger partial charge in [0.1, 0.15) is 5.82 Å². The number of rotatable bonds is 4. The number of nitrogens with one attached hydrogen (secondary N) is 1. The minimum absolute atomic E-state index is 0.104. The molecule has 21 heavy (non-hydrogen) atoms. The van der Waals surface area contributed by atoms with Crippen LogP contribution in [0.15, 0.2) is 60.7 Å². The molecule has 3 aromatic rings. The third-order valence-electron chi connectivity index (χ3n) is 3.20. The van der Waals surface area contributed by atoms with E-state index in [1.165, 1.54) is 0 Å². The minimum atomic E-state index is -0.400. The second-order valence-electron chi connectivity index (χ2n) is 4.78. The number of aromatic nitrogens is 2. The first-order valence-corrected chi connectivity index (χ1v) is 6.72. The lowest BCUT2D eigenvalue weighted by molar-refractivity contribution is -0.117. The number of hydrogen-bond donors (Lipinski definition) is 2. The maximum atomic E-state index is 11.1. The van der Waals surface area contributed by atoms with Crippen molar-refractivity contribution in [3.05, 3.63) is 66.5 Å². The molecule has 1 aromatic heterocycles. The Balaban J connectivity index is 2.13. The third kappa shape index (κ3) is 2.84. The summed E-state index contributed by atoms with van der Waals surface area (Å²) in [6.07, 6.45) is 0.104. The highest BCUT2D eigenvalue weighted by Crippen LogP contribution is 2.29. The predicted molar refractivity (Wildman–Crippen MR) is 82.4 cm³/mol. The number of carbonyl (C=O) groups excluding carboxylic acids is 1. The molecular formula is C17H15N3O. The van der Waals surface area contributed by atoms with Gasteiger partial charge in [0.25, 0.3) is 0 Å². The van der Waals surface area contributed by atoms with Crippen molar-refractivity contribution in [2.75, 3.05) is 0 Å². The molecule has 0 saturated carbocycles. The SMILES string of the molecule is NC(=O)Cc1nc(-c2ccccc2)c(-c2ccccc2)[nH]1. The lowest BCUT2D eigenvalue weighted by Crippen LogP contribution is -2.14. The number of carbonyl (C=O) groups is 1. The molecule has 2 aromatic carbocycles. The molecule has 3 rings (SSSR count). The standard InChI is InChI=1S/C17H15N3O/c18-14(21)11-15-19-16(12-7-3-1-4-8-12)17(20-15)13-9-5-2-6-10-13/h1-10H,11H2,(H2,18,21)(H,19,20). The van der Waals surface area contributed by atoms with Crippen molar-refractivity contribution in [2.24, 2.45) is 5.73 Å². The summed E-state index contributed by atoms with van der Waals surface area (Å²) in [5.41, 5.74) is 9.03. The first-order valence-electron chi connectivity index (χ1n) is 6.72. The summed E-state index contributed by atoms with van der Waals surface area (Å²) in [6, 6.07) is 19.8. The summed E-state index contributed by atoms with van der Waals surface area (Å²) in [4.78, 5) is 18.9. The van der Waals surface area contributed by atoms with Gasteiger partial charge < -0.3 is 10.7 Å². The van der Waals surface area contributed by atoms with Crippen LogP contribution in [0.25, 0.3) is 22.5 Å². The summed E-state index contributed by atoms with van der Waals surface area (Å²) < 4.78 is 0. The quantitative estimate of drug-likeness (QED) is 0.769. The summed E-state index contributed by atoms with van der Waals surface area (Å²) in [7, 11) is 0. The van der Waals surface area contributed by atoms with E-state index < -0.39 is 5.91 Å². The fourth-order valence-corrected chi connectivity index (χ4v) is 2.29. The number of H-pyrrole nitrogens is 1. The Morgan fingerprint density at radius 3 is 2.10 bits per heavy atom. The molecule has 0 bridgehead atoms. The average Bonchev–Trinajstić information content (AvgIpc) is 2.92. The van der Waals surface area contributed by atoms with E-state index in [1.807, 2.05) is 60.7 Å². The molecule has 0 spiro atoms. The number of nitrogens with zero attached hydrogens (tertiary/aromatic N) is 1. The van der Waals surface area contributed by atoms with Crippen LogP contribution in [0, 0.1) is 0 Å². The van der Waals surface area contributed by atoms with E-state index in [9.17, 15) is 4.79 Å². The first-order chi connectivity index (χ1) is 10.2. The van der Waals surface area contributed by atoms with E-state index in [0.717, 1.165) is 22.5 Å². The molecule has 4 heteroatoms. The van der Waals surface area contributed by atoms with Crippen molar-refractivity contribution in [1.82, 2.24) is 9.97 Å². The van der Waals surface area contributed by atoms with Crippen LogP contribution in [-0.2, 0) is 11.2 Å². The van der Waals surface area contributed by atoms with Crippen molar-refractivity contribution in [2.45, 2.75) is 6.42 Å². The van der Waals surface area contributed by atoms with Gasteiger partial charge in [-0.3, -0.25) is 4.79 Å². The molecule has 0 fully saturated rings. The number of primary amides is 1. The van der Waals surface area contributed by atoms with E-state index in [4.69, 9.17) is 5.73 Å². The van der Waals surface area contributed by atoms with Crippen LogP contribution >= 0.6 is 0 Å². The number of hydrogen-bond acceptors (Lipinski definition) is 2. The Kier molecular flexibility index (Phi) is 3.51. The summed E-state index contributed by atoms with van der Waals surface area (Å²) >= 11 is 0. The second kappa shape index (κ2) is 5.63. The number of nitrogens with two attached hydrogens (primary N) is 1. The van der Waals surface area contributed by atoms with Gasteiger partial charge in [-0.15, -0.1) is 0 Å². The van der Waals surface area contributed by atoms with Crippen molar-refractivity contribution < 1.29 is 4.79 Å². The fraction of sp³-hybridized carbons (Fsp3) is 0.0588. The van der Waals surface area contributed by atoms with Gasteiger partial charge >= 0.3 is 0 Å². The third-order valence-corrected chi connectivity index (χ3v) is 3.20. The van der Waals surface area contributed by atoms with Crippen LogP contribution in [0.3, 0.4) is 0 Å². The summed E-state index contributed by atoms with van der Waals surface area (Å²) in [6.45, 7) is 0. The van der Waals surface area contributed by atoms with Crippen LogP contribution in [0.5, 0.6) is 0 Å². The molecule has 0 saturated heterocycles. The molecular weight excluding hydrogens is 262 g/mol. The van der Waals surface area contributed by atoms with Gasteiger partial charge in [0.2, 0.25) is 5.91 Å². The molecule has 0 unspecified atom stereocenters. The van der Waals surface area contributed by atoms with Crippen molar-refractivity contribution in [1.29, 1.82) is 0 Å². The highest BCUT2D eigenvalue weighted by molar-refractivity contribution is 5.80. The molecule has 0 atom stereocenters. The lowest BCUT2D eigenvalue weighted by Gasteiger charge is -2.02. The zero-order chi connectivity index (χ0) is 14.7. The second-order valence-corrected chi connectivity index (χ2v) is 4.78. The Labute approximate surface area is 122 Å². The average molecular weight is 277 g/mol. The van der Waals surface area contributed by atoms with Gasteiger partial charge in [-0.1, -0.05) is 60.7 Å². The van der Waals surface area contributed by atoms with Crippen LogP contribution in [-0.4, -0.2) is 15.9 Å². The van der Waals surface area contributed by atoms with Crippen molar-refractivity contribution >= 4 is 5.91 Å². The topological polar surface area (TPSA) is 71.8 Å². The van der Waals surface area contributed by atoms with Crippen LogP contribution in [0.4, 0.5) is 0 Å². The van der Waals surface area contributed by atoms with Crippen molar-refractivity contribution in [3.63, 3.8) is 0 Å². The Hall–Kier alpha value is -2.88. The zero-order valence-electron chi connectivity index (χ0n) is 11.4. The minimum Gasteiger partial charge on any atom is -0.369 e. The largest absolute Gasteiger partial charge is 0.369 e. The highest BCUT2D eigenvalue weighted by atomic mass is 16.1. The molecule has 1 amide bonds. The molecule has 0 aliphatic heterocycles. The molecule has 0 radical (unpaired) electrons. The summed E-state index contributed by atoms with van der Waals surface area (Å²) in [5, 5.41) is 0. The number of amides is 1. The van der Waals surface area contributed by atoms with Gasteiger partial charge in [0, 0.05) is 11.1 Å². The van der Waals surface area contributed by atoms with Crippen molar-refractivity contribution in [3.8, 4) is 22.5 Å². The lowest BCUT2D eigenvalue weighted by atomic mass is 10.1. The molecule has 0 aliphatic carbocycles. The molecule has 0 aliphatic rings. The van der Waals surface area contributed by atoms with E-state index >= 15 is 0 Å². The Morgan fingerprint density at radius 2 is 1.52 bits per heavy atom. The van der Waals surface area contributed by atoms with Gasteiger partial charge in [-0.05, 0) is 0 Å². The number of benzene rings is 2.